The number of carbonyl (C=O) groups excluding carboxylic acids is 1. The summed E-state index contributed by atoms with van der Waals surface area (Å²) in [5.41, 5.74) is -0.432. The summed E-state index contributed by atoms with van der Waals surface area (Å²) in [6.07, 6.45) is 2.89. The van der Waals surface area contributed by atoms with E-state index in [9.17, 15) is 29.8 Å². The fraction of sp³-hybridized carbons (Fsp3) is 0.0500. The summed E-state index contributed by atoms with van der Waals surface area (Å²) >= 11 is 0. The molecular formula is C20H14N4O7. The van der Waals surface area contributed by atoms with Crippen molar-refractivity contribution in [2.75, 3.05) is 0 Å². The number of benzene rings is 2. The Morgan fingerprint density at radius 1 is 0.968 bits per heavy atom. The van der Waals surface area contributed by atoms with Crippen molar-refractivity contribution in [3.05, 3.63) is 91.5 Å². The van der Waals surface area contributed by atoms with Gasteiger partial charge in [0.15, 0.2) is 0 Å². The number of ether oxygens (including phenoxy) is 1. The van der Waals surface area contributed by atoms with Crippen LogP contribution in [0.25, 0.3) is 21.5 Å². The van der Waals surface area contributed by atoms with Crippen LogP contribution < -0.4 is 10.3 Å². The minimum Gasteiger partial charge on any atom is -0.408 e. The number of nitrogens with one attached hydrogen (secondary N) is 1. The van der Waals surface area contributed by atoms with Gasteiger partial charge >= 0.3 is 5.97 Å². The highest BCUT2D eigenvalue weighted by Gasteiger charge is 2.13. The van der Waals surface area contributed by atoms with Gasteiger partial charge in [-0.1, -0.05) is 24.3 Å². The lowest BCUT2D eigenvalue weighted by Gasteiger charge is -2.02. The number of hydrogen-bond donors (Lipinski definition) is 1. The van der Waals surface area contributed by atoms with Crippen LogP contribution in [0.1, 0.15) is 6.92 Å². The van der Waals surface area contributed by atoms with E-state index in [1.807, 2.05) is 0 Å². The second-order valence-electron chi connectivity index (χ2n) is 6.21. The molecule has 31 heavy (non-hydrogen) atoms. The Morgan fingerprint density at radius 3 is 2.13 bits per heavy atom. The lowest BCUT2D eigenvalue weighted by Crippen LogP contribution is -2.03. The van der Waals surface area contributed by atoms with Crippen LogP contribution in [0.5, 0.6) is 5.88 Å². The Hall–Kier alpha value is -4.67. The number of nitro groups is 2. The van der Waals surface area contributed by atoms with Crippen molar-refractivity contribution in [2.24, 2.45) is 0 Å². The highest BCUT2D eigenvalue weighted by molar-refractivity contribution is 5.91. The first-order chi connectivity index (χ1) is 14.8. The number of esters is 1. The fourth-order valence-electron chi connectivity index (χ4n) is 2.83. The molecule has 0 unspecified atom stereocenters. The third-order valence-corrected chi connectivity index (χ3v) is 4.12. The summed E-state index contributed by atoms with van der Waals surface area (Å²) in [5.74, 6) is -0.463. The lowest BCUT2D eigenvalue weighted by molar-refractivity contribution is -0.383. The molecule has 0 aliphatic rings. The first-order valence-electron chi connectivity index (χ1n) is 8.73. The van der Waals surface area contributed by atoms with E-state index in [-0.39, 0.29) is 22.8 Å². The number of pyridine rings is 2. The molecule has 0 aliphatic heterocycles. The largest absolute Gasteiger partial charge is 0.408 e. The molecule has 0 saturated heterocycles. The van der Waals surface area contributed by atoms with Crippen molar-refractivity contribution >= 4 is 38.9 Å². The molecule has 156 valence electrons. The molecule has 0 aliphatic carbocycles. The van der Waals surface area contributed by atoms with E-state index in [1.54, 1.807) is 24.3 Å². The SMILES string of the molecule is CC(=O)Oc1cc2c([N+](=O)[O-])cccc2cn1.O=c1cc2c([N+](=O)[O-])cccc2c[nH]1. The van der Waals surface area contributed by atoms with E-state index >= 15 is 0 Å². The Balaban J connectivity index is 0.000000179. The molecule has 2 heterocycles. The maximum absolute atomic E-state index is 11.0. The zero-order valence-electron chi connectivity index (χ0n) is 16.0. The molecule has 4 aromatic rings. The van der Waals surface area contributed by atoms with E-state index in [0.29, 0.717) is 21.5 Å². The van der Waals surface area contributed by atoms with Gasteiger partial charge in [-0.25, -0.2) is 4.98 Å². The van der Waals surface area contributed by atoms with Crippen LogP contribution in [0, 0.1) is 20.2 Å². The predicted octanol–water partition coefficient (Wildman–Crippen LogP) is 3.50. The summed E-state index contributed by atoms with van der Waals surface area (Å²) in [6.45, 7) is 1.24. The van der Waals surface area contributed by atoms with Gasteiger partial charge in [-0.3, -0.25) is 29.8 Å². The quantitative estimate of drug-likeness (QED) is 0.298. The third kappa shape index (κ3) is 4.85. The minimum atomic E-state index is -0.518. The van der Waals surface area contributed by atoms with Crippen LogP contribution in [-0.2, 0) is 4.79 Å². The maximum atomic E-state index is 11.0. The van der Waals surface area contributed by atoms with Gasteiger partial charge in [0.25, 0.3) is 11.4 Å². The van der Waals surface area contributed by atoms with Gasteiger partial charge in [-0.15, -0.1) is 0 Å². The number of nitro benzene ring substituents is 2. The van der Waals surface area contributed by atoms with Crippen LogP contribution in [0.15, 0.2) is 65.7 Å². The van der Waals surface area contributed by atoms with Gasteiger partial charge in [-0.05, 0) is 0 Å². The first-order valence-corrected chi connectivity index (χ1v) is 8.73. The summed E-state index contributed by atoms with van der Waals surface area (Å²) in [7, 11) is 0. The van der Waals surface area contributed by atoms with Gasteiger partial charge in [0, 0.05) is 54.4 Å². The van der Waals surface area contributed by atoms with Crippen molar-refractivity contribution in [3.8, 4) is 5.88 Å². The Kier molecular flexibility index (Phi) is 5.96. The van der Waals surface area contributed by atoms with Gasteiger partial charge in [-0.2, -0.15) is 0 Å². The average Bonchev–Trinajstić information content (AvgIpc) is 2.72. The van der Waals surface area contributed by atoms with E-state index < -0.39 is 15.8 Å². The normalized spacial score (nSPS) is 10.2. The van der Waals surface area contributed by atoms with Crippen LogP contribution in [0.4, 0.5) is 11.4 Å². The van der Waals surface area contributed by atoms with Gasteiger partial charge < -0.3 is 9.72 Å². The van der Waals surface area contributed by atoms with E-state index in [4.69, 9.17) is 4.74 Å². The highest BCUT2D eigenvalue weighted by atomic mass is 16.6. The molecule has 4 rings (SSSR count). The van der Waals surface area contributed by atoms with Crippen LogP contribution >= 0.6 is 0 Å². The fourth-order valence-corrected chi connectivity index (χ4v) is 2.83. The number of carbonyl (C=O) groups is 1. The molecule has 0 amide bonds. The van der Waals surface area contributed by atoms with Crippen LogP contribution in [-0.4, -0.2) is 25.8 Å². The predicted molar refractivity (Wildman–Crippen MR) is 111 cm³/mol. The van der Waals surface area contributed by atoms with E-state index in [1.165, 1.54) is 43.6 Å². The lowest BCUT2D eigenvalue weighted by atomic mass is 10.1. The second kappa shape index (κ2) is 8.78. The second-order valence-corrected chi connectivity index (χ2v) is 6.21. The number of hydrogen-bond acceptors (Lipinski definition) is 8. The van der Waals surface area contributed by atoms with Crippen molar-refractivity contribution in [1.29, 1.82) is 0 Å². The molecule has 0 fully saturated rings. The standard InChI is InChI=1S/C11H8N2O4.C9H6N2O3/c1-7(14)17-11-5-9-8(6-12-11)3-2-4-10(9)13(15)16;12-9-4-7-6(5-10-9)2-1-3-8(7)11(13)14/h2-6H,1H3;1-5H,(H,10,12). The maximum Gasteiger partial charge on any atom is 0.309 e. The smallest absolute Gasteiger partial charge is 0.309 e. The molecule has 0 atom stereocenters. The molecule has 11 nitrogen and oxygen atoms in total. The number of non-ortho nitro benzene ring substituents is 2. The topological polar surface area (TPSA) is 158 Å². The summed E-state index contributed by atoms with van der Waals surface area (Å²) < 4.78 is 4.78. The highest BCUT2D eigenvalue weighted by Crippen LogP contribution is 2.27. The number of nitrogens with zero attached hydrogens (tertiary/aromatic N) is 3. The van der Waals surface area contributed by atoms with Crippen molar-refractivity contribution < 1.29 is 19.4 Å². The zero-order chi connectivity index (χ0) is 22.5. The van der Waals surface area contributed by atoms with Crippen LogP contribution in [0.3, 0.4) is 0 Å². The van der Waals surface area contributed by atoms with Crippen molar-refractivity contribution in [3.63, 3.8) is 0 Å². The molecule has 11 heteroatoms. The average molecular weight is 422 g/mol. The number of fused-ring (bicyclic) bond motifs is 2. The first kappa shape index (κ1) is 21.0. The molecule has 0 bridgehead atoms. The number of rotatable bonds is 3. The zero-order valence-corrected chi connectivity index (χ0v) is 16.0. The summed E-state index contributed by atoms with van der Waals surface area (Å²) in [5, 5.41) is 23.5. The van der Waals surface area contributed by atoms with E-state index in [0.717, 1.165) is 0 Å². The van der Waals surface area contributed by atoms with Gasteiger partial charge in [0.1, 0.15) is 0 Å². The Labute approximate surface area is 173 Å². The molecule has 2 aromatic carbocycles. The minimum absolute atomic E-state index is 0.0432. The van der Waals surface area contributed by atoms with Gasteiger partial charge in [0.2, 0.25) is 11.4 Å². The van der Waals surface area contributed by atoms with Crippen molar-refractivity contribution in [1.82, 2.24) is 9.97 Å². The molecule has 0 radical (unpaired) electrons. The van der Waals surface area contributed by atoms with Crippen molar-refractivity contribution in [2.45, 2.75) is 6.92 Å². The van der Waals surface area contributed by atoms with E-state index in [2.05, 4.69) is 9.97 Å². The Morgan fingerprint density at radius 2 is 1.55 bits per heavy atom. The summed E-state index contributed by atoms with van der Waals surface area (Å²) in [4.78, 5) is 48.6. The van der Waals surface area contributed by atoms with Gasteiger partial charge in [0.05, 0.1) is 20.6 Å². The molecule has 2 aromatic heterocycles. The molecular weight excluding hydrogens is 408 g/mol. The number of aromatic amines is 1. The Bertz CT molecular complexity index is 1380. The number of H-pyrrole nitrogens is 1. The number of aromatic nitrogens is 2. The monoisotopic (exact) mass is 422 g/mol. The van der Waals surface area contributed by atoms with Crippen LogP contribution in [0.2, 0.25) is 0 Å². The molecule has 0 spiro atoms. The third-order valence-electron chi connectivity index (χ3n) is 4.12. The molecule has 0 saturated carbocycles. The molecule has 1 N–H and O–H groups in total. The summed E-state index contributed by atoms with van der Waals surface area (Å²) in [6, 6.07) is 11.9.